The van der Waals surface area contributed by atoms with Crippen LogP contribution in [0.4, 0.5) is 0 Å². The molecule has 1 aromatic carbocycles. The number of hydrogen-bond donors (Lipinski definition) is 1. The summed E-state index contributed by atoms with van der Waals surface area (Å²) < 4.78 is 0.527. The molecule has 2 aromatic rings. The summed E-state index contributed by atoms with van der Waals surface area (Å²) in [5, 5.41) is 12.4. The van der Waals surface area contributed by atoms with Crippen LogP contribution in [0.15, 0.2) is 29.6 Å². The molecule has 0 saturated carbocycles. The van der Waals surface area contributed by atoms with Crippen LogP contribution < -0.4 is 0 Å². The predicted octanol–water partition coefficient (Wildman–Crippen LogP) is 4.00. The van der Waals surface area contributed by atoms with Crippen LogP contribution >= 0.6 is 23.1 Å². The van der Waals surface area contributed by atoms with E-state index in [0.717, 1.165) is 5.75 Å². The van der Waals surface area contributed by atoms with Gasteiger partial charge in [0.25, 0.3) is 0 Å². The van der Waals surface area contributed by atoms with Crippen LogP contribution in [-0.2, 0) is 10.5 Å². The molecule has 2 nitrogen and oxygen atoms in total. The van der Waals surface area contributed by atoms with Gasteiger partial charge >= 0.3 is 5.97 Å². The van der Waals surface area contributed by atoms with Crippen molar-refractivity contribution in [3.63, 3.8) is 0 Å². The average Bonchev–Trinajstić information content (AvgIpc) is 2.69. The van der Waals surface area contributed by atoms with Gasteiger partial charge < -0.3 is 5.11 Å². The smallest absolute Gasteiger partial charge is 0.319 e. The highest BCUT2D eigenvalue weighted by atomic mass is 32.2. The molecule has 0 aliphatic rings. The van der Waals surface area contributed by atoms with E-state index in [2.05, 4.69) is 17.5 Å². The number of hydrogen-bond acceptors (Lipinski definition) is 3. The third-order valence-electron chi connectivity index (χ3n) is 2.66. The SMILES string of the molecule is CC(C)(SCc1csc2ccccc12)C(=O)O. The van der Waals surface area contributed by atoms with Crippen LogP contribution in [0.25, 0.3) is 10.1 Å². The molecule has 0 aliphatic carbocycles. The van der Waals surface area contributed by atoms with Gasteiger partial charge in [-0.2, -0.15) is 0 Å². The first-order chi connectivity index (χ1) is 8.00. The van der Waals surface area contributed by atoms with Crippen molar-refractivity contribution in [1.82, 2.24) is 0 Å². The monoisotopic (exact) mass is 266 g/mol. The highest BCUT2D eigenvalue weighted by Gasteiger charge is 2.27. The number of fused-ring (bicyclic) bond motifs is 1. The Bertz CT molecular complexity index is 543. The zero-order valence-electron chi connectivity index (χ0n) is 9.77. The second-order valence-corrected chi connectivity index (χ2v) is 6.87. The summed E-state index contributed by atoms with van der Waals surface area (Å²) in [6.07, 6.45) is 0. The fraction of sp³-hybridized carbons (Fsp3) is 0.308. The van der Waals surface area contributed by atoms with Crippen molar-refractivity contribution in [2.45, 2.75) is 24.3 Å². The number of carboxylic acids is 1. The minimum atomic E-state index is -0.762. The number of rotatable bonds is 4. The molecule has 4 heteroatoms. The molecule has 0 fully saturated rings. The van der Waals surface area contributed by atoms with Crippen LogP contribution in [0.1, 0.15) is 19.4 Å². The number of carboxylic acid groups (broad SMARTS) is 1. The Hall–Kier alpha value is -1.00. The number of thiophene rings is 1. The summed E-state index contributed by atoms with van der Waals surface area (Å²) in [6, 6.07) is 8.23. The van der Waals surface area contributed by atoms with Gasteiger partial charge in [0.1, 0.15) is 4.75 Å². The summed E-state index contributed by atoms with van der Waals surface area (Å²) in [5.41, 5.74) is 1.23. The topological polar surface area (TPSA) is 37.3 Å². The Labute approximate surface area is 109 Å². The molecular weight excluding hydrogens is 252 g/mol. The largest absolute Gasteiger partial charge is 0.480 e. The number of aliphatic carboxylic acids is 1. The van der Waals surface area contributed by atoms with Crippen LogP contribution in [0.5, 0.6) is 0 Å². The number of thioether (sulfide) groups is 1. The lowest BCUT2D eigenvalue weighted by Gasteiger charge is -2.17. The zero-order chi connectivity index (χ0) is 12.5. The maximum absolute atomic E-state index is 11.0. The quantitative estimate of drug-likeness (QED) is 0.909. The Balaban J connectivity index is 2.17. The second kappa shape index (κ2) is 4.70. The molecule has 1 aromatic heterocycles. The molecule has 1 heterocycles. The molecule has 0 bridgehead atoms. The van der Waals surface area contributed by atoms with Crippen LogP contribution in [0, 0.1) is 0 Å². The van der Waals surface area contributed by atoms with E-state index in [-0.39, 0.29) is 0 Å². The molecule has 0 amide bonds. The second-order valence-electron chi connectivity index (χ2n) is 4.36. The van der Waals surface area contributed by atoms with E-state index in [1.54, 1.807) is 25.2 Å². The summed E-state index contributed by atoms with van der Waals surface area (Å²) >= 11 is 3.18. The lowest BCUT2D eigenvalue weighted by Crippen LogP contribution is -2.27. The predicted molar refractivity (Wildman–Crippen MR) is 74.8 cm³/mol. The van der Waals surface area contributed by atoms with E-state index in [0.29, 0.717) is 0 Å². The van der Waals surface area contributed by atoms with Crippen molar-refractivity contribution < 1.29 is 9.90 Å². The van der Waals surface area contributed by atoms with E-state index < -0.39 is 10.7 Å². The molecule has 17 heavy (non-hydrogen) atoms. The fourth-order valence-electron chi connectivity index (χ4n) is 1.46. The van der Waals surface area contributed by atoms with Gasteiger partial charge in [0.2, 0.25) is 0 Å². The Morgan fingerprint density at radius 1 is 1.41 bits per heavy atom. The van der Waals surface area contributed by atoms with Crippen molar-refractivity contribution >= 4 is 39.2 Å². The van der Waals surface area contributed by atoms with Crippen LogP contribution in [0.2, 0.25) is 0 Å². The maximum atomic E-state index is 11.0. The lowest BCUT2D eigenvalue weighted by atomic mass is 10.2. The van der Waals surface area contributed by atoms with E-state index in [4.69, 9.17) is 5.11 Å². The zero-order valence-corrected chi connectivity index (χ0v) is 11.4. The number of benzene rings is 1. The Kier molecular flexibility index (Phi) is 3.45. The molecule has 0 unspecified atom stereocenters. The van der Waals surface area contributed by atoms with E-state index in [9.17, 15) is 4.79 Å². The van der Waals surface area contributed by atoms with E-state index in [1.165, 1.54) is 27.4 Å². The van der Waals surface area contributed by atoms with Gasteiger partial charge in [0, 0.05) is 10.5 Å². The Morgan fingerprint density at radius 3 is 2.82 bits per heavy atom. The van der Waals surface area contributed by atoms with Crippen molar-refractivity contribution in [1.29, 1.82) is 0 Å². The van der Waals surface area contributed by atoms with Gasteiger partial charge in [-0.05, 0) is 36.2 Å². The van der Waals surface area contributed by atoms with Gasteiger partial charge in [-0.25, -0.2) is 0 Å². The van der Waals surface area contributed by atoms with Crippen molar-refractivity contribution in [2.75, 3.05) is 0 Å². The molecule has 0 spiro atoms. The first kappa shape index (κ1) is 12.5. The molecular formula is C13H14O2S2. The van der Waals surface area contributed by atoms with Crippen molar-refractivity contribution in [3.8, 4) is 0 Å². The third-order valence-corrected chi connectivity index (χ3v) is 5.03. The van der Waals surface area contributed by atoms with Crippen molar-refractivity contribution in [3.05, 3.63) is 35.2 Å². The van der Waals surface area contributed by atoms with Gasteiger partial charge in [-0.15, -0.1) is 23.1 Å². The summed E-state index contributed by atoms with van der Waals surface area (Å²) in [6.45, 7) is 3.49. The minimum Gasteiger partial charge on any atom is -0.480 e. The fourth-order valence-corrected chi connectivity index (χ4v) is 3.41. The molecule has 0 radical (unpaired) electrons. The molecule has 90 valence electrons. The molecule has 1 N–H and O–H groups in total. The van der Waals surface area contributed by atoms with Gasteiger partial charge in [-0.3, -0.25) is 4.79 Å². The summed E-state index contributed by atoms with van der Waals surface area (Å²) in [5.74, 6) is -0.0226. The normalized spacial score (nSPS) is 11.9. The number of carbonyl (C=O) groups is 1. The molecule has 2 rings (SSSR count). The van der Waals surface area contributed by atoms with Crippen molar-refractivity contribution in [2.24, 2.45) is 0 Å². The van der Waals surface area contributed by atoms with E-state index in [1.807, 2.05) is 12.1 Å². The first-order valence-electron chi connectivity index (χ1n) is 5.33. The Morgan fingerprint density at radius 2 is 2.12 bits per heavy atom. The molecule has 0 atom stereocenters. The van der Waals surface area contributed by atoms with E-state index >= 15 is 0 Å². The highest BCUT2D eigenvalue weighted by molar-refractivity contribution is 8.00. The standard InChI is InChI=1S/C13H14O2S2/c1-13(2,12(14)15)17-8-9-7-16-11-6-4-3-5-10(9)11/h3-7H,8H2,1-2H3,(H,14,15). The first-order valence-corrected chi connectivity index (χ1v) is 7.20. The minimum absolute atomic E-state index is 0.733. The summed E-state index contributed by atoms with van der Waals surface area (Å²) in [7, 11) is 0. The van der Waals surface area contributed by atoms with Crippen LogP contribution in [-0.4, -0.2) is 15.8 Å². The van der Waals surface area contributed by atoms with Gasteiger partial charge in [0.15, 0.2) is 0 Å². The highest BCUT2D eigenvalue weighted by Crippen LogP contribution is 2.33. The molecule has 0 aliphatic heterocycles. The van der Waals surface area contributed by atoms with Crippen LogP contribution in [0.3, 0.4) is 0 Å². The maximum Gasteiger partial charge on any atom is 0.319 e. The average molecular weight is 266 g/mol. The summed E-state index contributed by atoms with van der Waals surface area (Å²) in [4.78, 5) is 11.0. The van der Waals surface area contributed by atoms with Gasteiger partial charge in [0.05, 0.1) is 0 Å². The van der Waals surface area contributed by atoms with Gasteiger partial charge in [-0.1, -0.05) is 18.2 Å². The lowest BCUT2D eigenvalue weighted by molar-refractivity contribution is -0.138. The third kappa shape index (κ3) is 2.64. The molecule has 0 saturated heterocycles.